The van der Waals surface area contributed by atoms with Crippen LogP contribution < -0.4 is 5.32 Å². The monoisotopic (exact) mass is 253 g/mol. The van der Waals surface area contributed by atoms with Crippen LogP contribution in [0.25, 0.3) is 0 Å². The van der Waals surface area contributed by atoms with E-state index in [0.29, 0.717) is 0 Å². The second-order valence-electron chi connectivity index (χ2n) is 5.23. The quantitative estimate of drug-likeness (QED) is 0.770. The molecule has 96 valence electrons. The molecule has 0 aromatic heterocycles. The minimum absolute atomic E-state index is 0.726. The zero-order valence-electron chi connectivity index (χ0n) is 11.2. The van der Waals surface area contributed by atoms with E-state index in [4.69, 9.17) is 11.6 Å². The lowest BCUT2D eigenvalue weighted by Crippen LogP contribution is -2.21. The molecule has 1 nitrogen and oxygen atoms in total. The topological polar surface area (TPSA) is 12.0 Å². The highest BCUT2D eigenvalue weighted by molar-refractivity contribution is 6.30. The Hall–Kier alpha value is -0.530. The molecule has 0 saturated carbocycles. The van der Waals surface area contributed by atoms with Gasteiger partial charge in [0.05, 0.1) is 0 Å². The first-order valence-corrected chi connectivity index (χ1v) is 6.88. The second kappa shape index (κ2) is 7.73. The van der Waals surface area contributed by atoms with Crippen LogP contribution in [0.15, 0.2) is 24.3 Å². The Balaban J connectivity index is 2.50. The van der Waals surface area contributed by atoms with E-state index in [1.165, 1.54) is 18.4 Å². The van der Waals surface area contributed by atoms with E-state index in [-0.39, 0.29) is 0 Å². The zero-order chi connectivity index (χ0) is 12.7. The predicted octanol–water partition coefficient (Wildman–Crippen LogP) is 4.15. The van der Waals surface area contributed by atoms with Gasteiger partial charge in [-0.1, -0.05) is 44.0 Å². The molecule has 0 saturated heterocycles. The van der Waals surface area contributed by atoms with Gasteiger partial charge >= 0.3 is 0 Å². The van der Waals surface area contributed by atoms with Gasteiger partial charge in [-0.3, -0.25) is 0 Å². The first-order valence-electron chi connectivity index (χ1n) is 6.51. The summed E-state index contributed by atoms with van der Waals surface area (Å²) in [6, 6.07) is 8.24. The maximum Gasteiger partial charge on any atom is 0.0406 e. The minimum atomic E-state index is 0.726. The Morgan fingerprint density at radius 1 is 1.12 bits per heavy atom. The Morgan fingerprint density at radius 3 is 2.29 bits per heavy atom. The zero-order valence-corrected chi connectivity index (χ0v) is 11.9. The molecule has 1 aromatic rings. The number of hydrogen-bond acceptors (Lipinski definition) is 1. The van der Waals surface area contributed by atoms with Gasteiger partial charge in [-0.2, -0.15) is 0 Å². The number of halogens is 1. The summed E-state index contributed by atoms with van der Waals surface area (Å²) in [7, 11) is 2.03. The van der Waals surface area contributed by atoms with E-state index in [1.807, 2.05) is 19.2 Å². The fourth-order valence-corrected chi connectivity index (χ4v) is 2.21. The molecule has 0 aliphatic carbocycles. The molecular formula is C15H24ClN. The van der Waals surface area contributed by atoms with Crippen molar-refractivity contribution < 1.29 is 0 Å². The fraction of sp³-hybridized carbons (Fsp3) is 0.600. The lowest BCUT2D eigenvalue weighted by atomic mass is 9.92. The molecule has 1 rings (SSSR count). The molecule has 1 atom stereocenters. The number of hydrogen-bond donors (Lipinski definition) is 1. The van der Waals surface area contributed by atoms with Crippen LogP contribution in [0, 0.1) is 11.8 Å². The van der Waals surface area contributed by atoms with Gasteiger partial charge in [-0.25, -0.2) is 0 Å². The number of benzene rings is 1. The van der Waals surface area contributed by atoms with Gasteiger partial charge in [0.1, 0.15) is 0 Å². The van der Waals surface area contributed by atoms with Gasteiger partial charge < -0.3 is 5.32 Å². The number of nitrogens with one attached hydrogen (secondary N) is 1. The predicted molar refractivity (Wildman–Crippen MR) is 76.6 cm³/mol. The summed E-state index contributed by atoms with van der Waals surface area (Å²) < 4.78 is 0. The van der Waals surface area contributed by atoms with Crippen molar-refractivity contribution in [1.82, 2.24) is 5.32 Å². The van der Waals surface area contributed by atoms with Crippen LogP contribution in [-0.2, 0) is 6.42 Å². The summed E-state index contributed by atoms with van der Waals surface area (Å²) >= 11 is 5.90. The smallest absolute Gasteiger partial charge is 0.0406 e. The first kappa shape index (κ1) is 14.5. The van der Waals surface area contributed by atoms with Gasteiger partial charge in [0.25, 0.3) is 0 Å². The summed E-state index contributed by atoms with van der Waals surface area (Å²) in [5.41, 5.74) is 1.39. The van der Waals surface area contributed by atoms with Crippen molar-refractivity contribution in [3.05, 3.63) is 34.9 Å². The highest BCUT2D eigenvalue weighted by Crippen LogP contribution is 2.18. The summed E-state index contributed by atoms with van der Waals surface area (Å²) in [6.07, 6.45) is 3.74. The van der Waals surface area contributed by atoms with Crippen molar-refractivity contribution in [3.8, 4) is 0 Å². The van der Waals surface area contributed by atoms with Crippen molar-refractivity contribution in [1.29, 1.82) is 0 Å². The Bertz CT molecular complexity index is 305. The third-order valence-electron chi connectivity index (χ3n) is 3.08. The lowest BCUT2D eigenvalue weighted by molar-refractivity contribution is 0.409. The molecule has 1 aromatic carbocycles. The van der Waals surface area contributed by atoms with Crippen LogP contribution >= 0.6 is 11.6 Å². The Kier molecular flexibility index (Phi) is 6.61. The van der Waals surface area contributed by atoms with E-state index in [2.05, 4.69) is 31.3 Å². The molecule has 17 heavy (non-hydrogen) atoms. The van der Waals surface area contributed by atoms with Crippen LogP contribution in [0.2, 0.25) is 5.02 Å². The second-order valence-corrected chi connectivity index (χ2v) is 5.66. The molecular weight excluding hydrogens is 230 g/mol. The number of rotatable bonds is 7. The normalized spacial score (nSPS) is 13.0. The average Bonchev–Trinajstić information content (AvgIpc) is 2.29. The van der Waals surface area contributed by atoms with Crippen molar-refractivity contribution in [2.45, 2.75) is 33.1 Å². The highest BCUT2D eigenvalue weighted by Gasteiger charge is 2.09. The van der Waals surface area contributed by atoms with E-state index in [9.17, 15) is 0 Å². The van der Waals surface area contributed by atoms with Gasteiger partial charge in [-0.15, -0.1) is 0 Å². The van der Waals surface area contributed by atoms with E-state index in [1.54, 1.807) is 0 Å². The van der Waals surface area contributed by atoms with Crippen LogP contribution in [0.3, 0.4) is 0 Å². The minimum Gasteiger partial charge on any atom is -0.319 e. The summed E-state index contributed by atoms with van der Waals surface area (Å²) in [4.78, 5) is 0. The van der Waals surface area contributed by atoms with Crippen molar-refractivity contribution in [2.75, 3.05) is 13.6 Å². The van der Waals surface area contributed by atoms with Crippen molar-refractivity contribution >= 4 is 11.6 Å². The highest BCUT2D eigenvalue weighted by atomic mass is 35.5. The standard InChI is InChI=1S/C15H24ClN/c1-12(2)4-5-14(11-17-3)10-13-6-8-15(16)9-7-13/h6-9,12,14,17H,4-5,10-11H2,1-3H3. The van der Waals surface area contributed by atoms with Crippen molar-refractivity contribution in [2.24, 2.45) is 11.8 Å². The molecule has 0 heterocycles. The van der Waals surface area contributed by atoms with Crippen LogP contribution in [0.5, 0.6) is 0 Å². The third-order valence-corrected chi connectivity index (χ3v) is 3.33. The summed E-state index contributed by atoms with van der Waals surface area (Å²) in [6.45, 7) is 5.67. The lowest BCUT2D eigenvalue weighted by Gasteiger charge is -2.17. The third kappa shape index (κ3) is 6.09. The Labute approximate surface area is 111 Å². The van der Waals surface area contributed by atoms with Gasteiger partial charge in [0.2, 0.25) is 0 Å². The van der Waals surface area contributed by atoms with Gasteiger partial charge in [0.15, 0.2) is 0 Å². The van der Waals surface area contributed by atoms with E-state index >= 15 is 0 Å². The molecule has 1 unspecified atom stereocenters. The summed E-state index contributed by atoms with van der Waals surface area (Å²) in [5, 5.41) is 4.12. The maximum atomic E-state index is 5.90. The van der Waals surface area contributed by atoms with Crippen LogP contribution in [0.4, 0.5) is 0 Å². The van der Waals surface area contributed by atoms with Gasteiger partial charge in [0, 0.05) is 5.02 Å². The van der Waals surface area contributed by atoms with Crippen LogP contribution in [-0.4, -0.2) is 13.6 Å². The molecule has 0 fully saturated rings. The molecule has 1 N–H and O–H groups in total. The maximum absolute atomic E-state index is 5.90. The molecule has 2 heteroatoms. The van der Waals surface area contributed by atoms with Gasteiger partial charge in [-0.05, 0) is 56.0 Å². The molecule has 0 aliphatic heterocycles. The molecule has 0 bridgehead atoms. The SMILES string of the molecule is CNCC(CCC(C)C)Cc1ccc(Cl)cc1. The first-order chi connectivity index (χ1) is 8.11. The molecule has 0 spiro atoms. The molecule has 0 radical (unpaired) electrons. The van der Waals surface area contributed by atoms with Crippen LogP contribution in [0.1, 0.15) is 32.3 Å². The molecule has 0 aliphatic rings. The van der Waals surface area contributed by atoms with E-state index < -0.39 is 0 Å². The largest absolute Gasteiger partial charge is 0.319 e. The summed E-state index contributed by atoms with van der Waals surface area (Å²) in [5.74, 6) is 1.52. The fourth-order valence-electron chi connectivity index (χ4n) is 2.09. The van der Waals surface area contributed by atoms with E-state index in [0.717, 1.165) is 29.8 Å². The average molecular weight is 254 g/mol. The Morgan fingerprint density at radius 2 is 1.76 bits per heavy atom. The molecule has 0 amide bonds. The van der Waals surface area contributed by atoms with Crippen molar-refractivity contribution in [3.63, 3.8) is 0 Å².